The number of para-hydroxylation sites is 1. The fourth-order valence-corrected chi connectivity index (χ4v) is 3.47. The van der Waals surface area contributed by atoms with E-state index in [0.29, 0.717) is 16.7 Å². The summed E-state index contributed by atoms with van der Waals surface area (Å²) in [4.78, 5) is 17.4. The summed E-state index contributed by atoms with van der Waals surface area (Å²) in [6.45, 7) is 4.40. The number of aryl methyl sites for hydroxylation is 1. The Labute approximate surface area is 172 Å². The van der Waals surface area contributed by atoms with E-state index in [9.17, 15) is 4.79 Å². The maximum absolute atomic E-state index is 13.0. The lowest BCUT2D eigenvalue weighted by molar-refractivity contribution is 0.720. The van der Waals surface area contributed by atoms with E-state index in [1.807, 2.05) is 48.7 Å². The van der Waals surface area contributed by atoms with Crippen LogP contribution in [0.3, 0.4) is 0 Å². The van der Waals surface area contributed by atoms with Crippen LogP contribution in [0.5, 0.6) is 0 Å². The molecule has 0 aliphatic heterocycles. The average molecular weight is 397 g/mol. The Morgan fingerprint density at radius 1 is 1.00 bits per heavy atom. The predicted octanol–water partition coefficient (Wildman–Crippen LogP) is 2.83. The van der Waals surface area contributed by atoms with Crippen molar-refractivity contribution in [3.05, 3.63) is 94.4 Å². The van der Waals surface area contributed by atoms with E-state index in [4.69, 9.17) is 0 Å². The summed E-state index contributed by atoms with van der Waals surface area (Å²) in [6, 6.07) is 15.7. The molecule has 0 aliphatic rings. The van der Waals surface area contributed by atoms with E-state index in [2.05, 4.69) is 40.3 Å². The number of aromatic nitrogens is 7. The highest BCUT2D eigenvalue weighted by Crippen LogP contribution is 2.17. The van der Waals surface area contributed by atoms with Crippen LogP contribution in [0.2, 0.25) is 0 Å². The fraction of sp³-hybridized carbons (Fsp3) is 0.136. The highest BCUT2D eigenvalue weighted by Gasteiger charge is 2.13. The number of benzene rings is 2. The topological polar surface area (TPSA) is 83.4 Å². The van der Waals surface area contributed by atoms with Gasteiger partial charge in [0.25, 0.3) is 5.56 Å². The minimum atomic E-state index is -0.163. The molecule has 3 aromatic heterocycles. The number of nitrogens with zero attached hydrogens (tertiary/aromatic N) is 7. The quantitative estimate of drug-likeness (QED) is 0.466. The molecule has 0 bridgehead atoms. The van der Waals surface area contributed by atoms with Crippen LogP contribution in [-0.4, -0.2) is 34.3 Å². The molecular formula is C22H19N7O. The van der Waals surface area contributed by atoms with E-state index in [0.717, 1.165) is 16.9 Å². The second-order valence-electron chi connectivity index (χ2n) is 7.18. The van der Waals surface area contributed by atoms with Crippen molar-refractivity contribution in [2.24, 2.45) is 0 Å². The molecule has 3 heterocycles. The van der Waals surface area contributed by atoms with E-state index in [-0.39, 0.29) is 12.1 Å². The van der Waals surface area contributed by atoms with Crippen LogP contribution in [-0.2, 0) is 6.54 Å². The Morgan fingerprint density at radius 3 is 2.67 bits per heavy atom. The largest absolute Gasteiger partial charge is 0.292 e. The Bertz CT molecular complexity index is 1410. The van der Waals surface area contributed by atoms with Crippen molar-refractivity contribution in [3.8, 4) is 11.4 Å². The third-order valence-corrected chi connectivity index (χ3v) is 5.25. The van der Waals surface area contributed by atoms with Crippen molar-refractivity contribution in [2.75, 3.05) is 0 Å². The monoisotopic (exact) mass is 397 g/mol. The molecular weight excluding hydrogens is 378 g/mol. The molecule has 5 aromatic rings. The highest BCUT2D eigenvalue weighted by atomic mass is 16.1. The van der Waals surface area contributed by atoms with Crippen LogP contribution in [0.1, 0.15) is 16.8 Å². The Morgan fingerprint density at radius 2 is 1.83 bits per heavy atom. The summed E-state index contributed by atoms with van der Waals surface area (Å²) in [5, 5.41) is 13.3. The second-order valence-corrected chi connectivity index (χ2v) is 7.18. The Hall–Kier alpha value is -4.07. The third kappa shape index (κ3) is 2.98. The molecule has 30 heavy (non-hydrogen) atoms. The SMILES string of the molecule is Cc1cccc(-n2cc(Cn3cnc4c(cnn4-c4ccccc4)c3=O)nn2)c1C. The first kappa shape index (κ1) is 18.0. The average Bonchev–Trinajstić information content (AvgIpc) is 3.40. The van der Waals surface area contributed by atoms with Gasteiger partial charge in [0.1, 0.15) is 17.4 Å². The van der Waals surface area contributed by atoms with Crippen molar-refractivity contribution in [2.45, 2.75) is 20.4 Å². The highest BCUT2D eigenvalue weighted by molar-refractivity contribution is 5.74. The summed E-state index contributed by atoms with van der Waals surface area (Å²) >= 11 is 0. The molecule has 0 saturated carbocycles. The minimum Gasteiger partial charge on any atom is -0.292 e. The van der Waals surface area contributed by atoms with Crippen molar-refractivity contribution < 1.29 is 0 Å². The Balaban J connectivity index is 1.48. The first-order chi connectivity index (χ1) is 14.6. The van der Waals surface area contributed by atoms with E-state index < -0.39 is 0 Å². The molecule has 0 amide bonds. The number of hydrogen-bond donors (Lipinski definition) is 0. The number of fused-ring (bicyclic) bond motifs is 1. The molecule has 8 heteroatoms. The molecule has 0 fully saturated rings. The molecule has 5 rings (SSSR count). The van der Waals surface area contributed by atoms with Gasteiger partial charge >= 0.3 is 0 Å². The van der Waals surface area contributed by atoms with Gasteiger partial charge in [0, 0.05) is 0 Å². The van der Waals surface area contributed by atoms with Gasteiger partial charge in [-0.25, -0.2) is 14.3 Å². The van der Waals surface area contributed by atoms with Crippen molar-refractivity contribution in [1.82, 2.24) is 34.3 Å². The third-order valence-electron chi connectivity index (χ3n) is 5.25. The number of rotatable bonds is 4. The number of hydrogen-bond acceptors (Lipinski definition) is 5. The van der Waals surface area contributed by atoms with Crippen LogP contribution >= 0.6 is 0 Å². The lowest BCUT2D eigenvalue weighted by Crippen LogP contribution is -2.21. The molecule has 0 atom stereocenters. The van der Waals surface area contributed by atoms with E-state index >= 15 is 0 Å². The molecule has 0 saturated heterocycles. The van der Waals surface area contributed by atoms with Crippen LogP contribution in [0.15, 0.2) is 72.0 Å². The zero-order chi connectivity index (χ0) is 20.7. The lowest BCUT2D eigenvalue weighted by atomic mass is 10.1. The first-order valence-corrected chi connectivity index (χ1v) is 9.58. The summed E-state index contributed by atoms with van der Waals surface area (Å²) in [5.74, 6) is 0. The minimum absolute atomic E-state index is 0.163. The molecule has 0 radical (unpaired) electrons. The van der Waals surface area contributed by atoms with Gasteiger partial charge in [-0.3, -0.25) is 9.36 Å². The maximum atomic E-state index is 13.0. The van der Waals surface area contributed by atoms with Crippen molar-refractivity contribution in [1.29, 1.82) is 0 Å². The van der Waals surface area contributed by atoms with Gasteiger partial charge in [0.15, 0.2) is 5.65 Å². The lowest BCUT2D eigenvalue weighted by Gasteiger charge is -2.07. The van der Waals surface area contributed by atoms with Crippen LogP contribution in [0.4, 0.5) is 0 Å². The van der Waals surface area contributed by atoms with Gasteiger partial charge in [-0.15, -0.1) is 5.10 Å². The molecule has 0 spiro atoms. The van der Waals surface area contributed by atoms with E-state index in [1.54, 1.807) is 15.6 Å². The standard InChI is InChI=1S/C22H19N7O/c1-15-7-6-10-20(16(15)2)28-13-17(25-26-28)12-27-14-23-21-19(22(27)30)11-24-29(21)18-8-4-3-5-9-18/h3-11,13-14H,12H2,1-2H3. The molecule has 0 unspecified atom stereocenters. The molecule has 2 aromatic carbocycles. The predicted molar refractivity (Wildman–Crippen MR) is 113 cm³/mol. The van der Waals surface area contributed by atoms with Crippen LogP contribution in [0, 0.1) is 13.8 Å². The smallest absolute Gasteiger partial charge is 0.264 e. The molecule has 8 nitrogen and oxygen atoms in total. The van der Waals surface area contributed by atoms with Crippen molar-refractivity contribution in [3.63, 3.8) is 0 Å². The van der Waals surface area contributed by atoms with Crippen LogP contribution < -0.4 is 5.56 Å². The van der Waals surface area contributed by atoms with Gasteiger partial charge in [-0.05, 0) is 43.2 Å². The van der Waals surface area contributed by atoms with Gasteiger partial charge in [-0.2, -0.15) is 5.10 Å². The Kier molecular flexibility index (Phi) is 4.24. The van der Waals surface area contributed by atoms with Gasteiger partial charge in [0.2, 0.25) is 0 Å². The summed E-state index contributed by atoms with van der Waals surface area (Å²) < 4.78 is 4.93. The zero-order valence-corrected chi connectivity index (χ0v) is 16.6. The van der Waals surface area contributed by atoms with Gasteiger partial charge in [-0.1, -0.05) is 35.5 Å². The summed E-state index contributed by atoms with van der Waals surface area (Å²) in [7, 11) is 0. The molecule has 0 N–H and O–H groups in total. The zero-order valence-electron chi connectivity index (χ0n) is 16.6. The maximum Gasteiger partial charge on any atom is 0.264 e. The van der Waals surface area contributed by atoms with Crippen molar-refractivity contribution >= 4 is 11.0 Å². The second kappa shape index (κ2) is 7.07. The molecule has 0 aliphatic carbocycles. The first-order valence-electron chi connectivity index (χ1n) is 9.58. The molecule has 148 valence electrons. The summed E-state index contributed by atoms with van der Waals surface area (Å²) in [6.07, 6.45) is 4.93. The normalized spacial score (nSPS) is 11.3. The van der Waals surface area contributed by atoms with E-state index in [1.165, 1.54) is 16.5 Å². The van der Waals surface area contributed by atoms with Crippen LogP contribution in [0.25, 0.3) is 22.4 Å². The fourth-order valence-electron chi connectivity index (χ4n) is 3.47. The van der Waals surface area contributed by atoms with Gasteiger partial charge in [0.05, 0.1) is 30.3 Å². The summed E-state index contributed by atoms with van der Waals surface area (Å²) in [5.41, 5.74) is 5.19. The van der Waals surface area contributed by atoms with Gasteiger partial charge < -0.3 is 0 Å².